The zero-order chi connectivity index (χ0) is 16.3. The first-order chi connectivity index (χ1) is 10.5. The van der Waals surface area contributed by atoms with Gasteiger partial charge in [0.15, 0.2) is 5.92 Å². The number of rotatable bonds is 5. The third-order valence-electron chi connectivity index (χ3n) is 3.30. The number of nitrogens with one attached hydrogen (secondary N) is 1. The van der Waals surface area contributed by atoms with Gasteiger partial charge < -0.3 is 5.32 Å². The Morgan fingerprint density at radius 1 is 1.59 bits per heavy atom. The first kappa shape index (κ1) is 16.2. The Morgan fingerprint density at radius 2 is 2.32 bits per heavy atom. The van der Waals surface area contributed by atoms with E-state index in [4.69, 9.17) is 0 Å². The largest absolute Gasteiger partial charge is 0.445 e. The summed E-state index contributed by atoms with van der Waals surface area (Å²) in [5.41, 5.74) is 0. The van der Waals surface area contributed by atoms with Crippen molar-refractivity contribution in [3.8, 4) is 0 Å². The van der Waals surface area contributed by atoms with E-state index in [1.165, 1.54) is 29.6 Å². The minimum atomic E-state index is -0.630. The van der Waals surface area contributed by atoms with E-state index in [0.717, 1.165) is 4.90 Å². The average molecular weight is 321 g/mol. The lowest BCUT2D eigenvalue weighted by Gasteiger charge is -2.26. The Balaban J connectivity index is 2.17. The summed E-state index contributed by atoms with van der Waals surface area (Å²) in [5.74, 6) is -0.526. The van der Waals surface area contributed by atoms with Crippen LogP contribution in [0.25, 0.3) is 0 Å². The van der Waals surface area contributed by atoms with E-state index in [1.807, 2.05) is 0 Å². The van der Waals surface area contributed by atoms with Crippen molar-refractivity contribution in [3.63, 3.8) is 0 Å². The normalized spacial score (nSPS) is 20.7. The fraction of sp³-hybridized carbons (Fsp3) is 0.357. The van der Waals surface area contributed by atoms with Crippen LogP contribution >= 0.6 is 11.8 Å². The van der Waals surface area contributed by atoms with Crippen molar-refractivity contribution in [2.24, 2.45) is 10.9 Å². The summed E-state index contributed by atoms with van der Waals surface area (Å²) in [4.78, 5) is 41.9. The van der Waals surface area contributed by atoms with Crippen molar-refractivity contribution in [2.45, 2.75) is 0 Å². The molecule has 7 nitrogen and oxygen atoms in total. The van der Waals surface area contributed by atoms with E-state index in [9.17, 15) is 14.4 Å². The molecule has 1 N–H and O–H groups in total. The van der Waals surface area contributed by atoms with Gasteiger partial charge in [-0.05, 0) is 6.08 Å². The first-order valence-corrected chi connectivity index (χ1v) is 7.62. The molecule has 1 atom stereocenters. The Labute approximate surface area is 132 Å². The number of urea groups is 1. The number of imide groups is 1. The fourth-order valence-corrected chi connectivity index (χ4v) is 3.06. The molecular weight excluding hydrogens is 304 g/mol. The summed E-state index contributed by atoms with van der Waals surface area (Å²) in [6.45, 7) is 3.93. The first-order valence-electron chi connectivity index (χ1n) is 6.64. The molecule has 2 heterocycles. The lowest BCUT2D eigenvalue weighted by Crippen LogP contribution is -2.52. The number of fused-ring (bicyclic) bond motifs is 1. The lowest BCUT2D eigenvalue weighted by atomic mass is 10.0. The van der Waals surface area contributed by atoms with Gasteiger partial charge in [-0.15, -0.1) is 23.3 Å². The molecule has 2 aliphatic rings. The van der Waals surface area contributed by atoms with Gasteiger partial charge in [0.05, 0.1) is 19.8 Å². The Kier molecular flexibility index (Phi) is 4.92. The van der Waals surface area contributed by atoms with Crippen molar-refractivity contribution in [3.05, 3.63) is 23.6 Å². The van der Waals surface area contributed by atoms with E-state index >= 15 is 0 Å². The highest BCUT2D eigenvalue weighted by atomic mass is 32.2. The predicted molar refractivity (Wildman–Crippen MR) is 85.1 cm³/mol. The molecule has 0 aromatic rings. The van der Waals surface area contributed by atoms with Crippen LogP contribution in [0.3, 0.4) is 0 Å². The van der Waals surface area contributed by atoms with Crippen LogP contribution in [0.1, 0.15) is 0 Å². The van der Waals surface area contributed by atoms with Crippen molar-refractivity contribution in [2.75, 3.05) is 26.4 Å². The van der Waals surface area contributed by atoms with Gasteiger partial charge in [-0.2, -0.15) is 9.48 Å². The SMILES string of the molecule is C=CCNC(=O)CSC1=CC=NC2=[N+](C)C(=O)N(C)C(=O)C12. The van der Waals surface area contributed by atoms with Crippen molar-refractivity contribution in [1.82, 2.24) is 10.2 Å². The van der Waals surface area contributed by atoms with Crippen molar-refractivity contribution in [1.29, 1.82) is 0 Å². The average Bonchev–Trinajstić information content (AvgIpc) is 2.53. The van der Waals surface area contributed by atoms with Gasteiger partial charge in [-0.1, -0.05) is 6.08 Å². The zero-order valence-electron chi connectivity index (χ0n) is 12.4. The van der Waals surface area contributed by atoms with E-state index < -0.39 is 11.9 Å². The summed E-state index contributed by atoms with van der Waals surface area (Å²) in [7, 11) is 3.02. The Morgan fingerprint density at radius 3 is 3.00 bits per heavy atom. The van der Waals surface area contributed by atoms with Crippen LogP contribution in [0.4, 0.5) is 4.79 Å². The van der Waals surface area contributed by atoms with Crippen LogP contribution in [-0.2, 0) is 9.59 Å². The van der Waals surface area contributed by atoms with Gasteiger partial charge in [0.1, 0.15) is 6.21 Å². The standard InChI is InChI=1S/C14H16N4O3S/c1-4-6-15-10(19)8-22-9-5-7-16-12-11(9)13(20)18(3)14(21)17(12)2/h4-5,7,11H,1,6,8H2,2-3H3/p+1. The number of hydrogen-bond donors (Lipinski definition) is 1. The number of aliphatic imine (C=N–C) groups is 1. The minimum Gasteiger partial charge on any atom is -0.352 e. The number of nitrogens with zero attached hydrogens (tertiary/aromatic N) is 3. The molecule has 2 rings (SSSR count). The minimum absolute atomic E-state index is 0.143. The van der Waals surface area contributed by atoms with E-state index in [2.05, 4.69) is 16.9 Å². The molecular formula is C14H17N4O3S+. The van der Waals surface area contributed by atoms with Crippen molar-refractivity contribution < 1.29 is 19.0 Å². The molecule has 0 aromatic heterocycles. The maximum atomic E-state index is 12.4. The smallest absolute Gasteiger partial charge is 0.352 e. The number of amidine groups is 1. The summed E-state index contributed by atoms with van der Waals surface area (Å²) in [6, 6.07) is -0.414. The number of thioether (sulfide) groups is 1. The summed E-state index contributed by atoms with van der Waals surface area (Å²) in [6.07, 6.45) is 4.84. The molecule has 0 aliphatic carbocycles. The van der Waals surface area contributed by atoms with Gasteiger partial charge in [-0.25, -0.2) is 4.79 Å². The number of carbonyl (C=O) groups is 3. The molecule has 0 spiro atoms. The molecule has 4 amide bonds. The third-order valence-corrected chi connectivity index (χ3v) is 4.41. The molecule has 2 aliphatic heterocycles. The molecule has 22 heavy (non-hydrogen) atoms. The fourth-order valence-electron chi connectivity index (χ4n) is 2.13. The van der Waals surface area contributed by atoms with Gasteiger partial charge in [-0.3, -0.25) is 9.59 Å². The second-order valence-corrected chi connectivity index (χ2v) is 5.81. The number of amides is 4. The summed E-state index contributed by atoms with van der Waals surface area (Å²) >= 11 is 1.27. The highest BCUT2D eigenvalue weighted by molar-refractivity contribution is 8.03. The topological polar surface area (TPSA) is 81.8 Å². The van der Waals surface area contributed by atoms with Crippen LogP contribution in [-0.4, -0.2) is 65.8 Å². The zero-order valence-corrected chi connectivity index (χ0v) is 13.2. The van der Waals surface area contributed by atoms with Crippen LogP contribution in [0.15, 0.2) is 28.6 Å². The van der Waals surface area contributed by atoms with Crippen molar-refractivity contribution >= 4 is 41.7 Å². The molecule has 0 fully saturated rings. The monoisotopic (exact) mass is 321 g/mol. The van der Waals surface area contributed by atoms with Crippen LogP contribution < -0.4 is 5.32 Å². The van der Waals surface area contributed by atoms with Crippen LogP contribution in [0, 0.1) is 5.92 Å². The summed E-state index contributed by atoms with van der Waals surface area (Å²) < 4.78 is 1.36. The maximum absolute atomic E-state index is 12.4. The van der Waals surface area contributed by atoms with Crippen LogP contribution in [0.2, 0.25) is 0 Å². The highest BCUT2D eigenvalue weighted by Crippen LogP contribution is 2.31. The third kappa shape index (κ3) is 3.01. The maximum Gasteiger partial charge on any atom is 0.445 e. The quantitative estimate of drug-likeness (QED) is 0.581. The second kappa shape index (κ2) is 6.69. The molecule has 1 unspecified atom stereocenters. The number of hydrogen-bond acceptors (Lipinski definition) is 5. The second-order valence-electron chi connectivity index (χ2n) is 4.76. The van der Waals surface area contributed by atoms with Gasteiger partial charge >= 0.3 is 11.9 Å². The predicted octanol–water partition coefficient (Wildman–Crippen LogP) is 0.239. The van der Waals surface area contributed by atoms with E-state index in [-0.39, 0.29) is 17.6 Å². The van der Waals surface area contributed by atoms with Crippen LogP contribution in [0.5, 0.6) is 0 Å². The highest BCUT2D eigenvalue weighted by Gasteiger charge is 2.46. The van der Waals surface area contributed by atoms with E-state index in [0.29, 0.717) is 17.3 Å². The van der Waals surface area contributed by atoms with Gasteiger partial charge in [0.25, 0.3) is 5.84 Å². The molecule has 0 saturated carbocycles. The molecule has 0 radical (unpaired) electrons. The molecule has 116 valence electrons. The molecule has 0 bridgehead atoms. The molecule has 0 saturated heterocycles. The Bertz CT molecular complexity index is 636. The Hall–Kier alpha value is -2.22. The number of dihydropyridines is 1. The van der Waals surface area contributed by atoms with Gasteiger partial charge in [0.2, 0.25) is 5.91 Å². The number of carbonyl (C=O) groups excluding carboxylic acids is 3. The van der Waals surface area contributed by atoms with E-state index in [1.54, 1.807) is 19.2 Å². The van der Waals surface area contributed by atoms with Gasteiger partial charge in [0, 0.05) is 11.4 Å². The molecule has 8 heteroatoms. The number of allylic oxidation sites excluding steroid dienone is 1. The lowest BCUT2D eigenvalue weighted by molar-refractivity contribution is -0.407. The molecule has 0 aromatic carbocycles. The summed E-state index contributed by atoms with van der Waals surface area (Å²) in [5, 5.41) is 2.67.